The van der Waals surface area contributed by atoms with E-state index in [1.54, 1.807) is 24.3 Å². The fourth-order valence-electron chi connectivity index (χ4n) is 3.19. The molecular weight excluding hydrogens is 348 g/mol. The third-order valence-corrected chi connectivity index (χ3v) is 6.89. The van der Waals surface area contributed by atoms with Gasteiger partial charge in [-0.25, -0.2) is 8.42 Å². The van der Waals surface area contributed by atoms with E-state index in [-0.39, 0.29) is 11.7 Å². The van der Waals surface area contributed by atoms with Crippen LogP contribution in [0.4, 0.5) is 5.69 Å². The van der Waals surface area contributed by atoms with Crippen LogP contribution in [0.3, 0.4) is 0 Å². The highest BCUT2D eigenvalue weighted by molar-refractivity contribution is 7.93. The minimum Gasteiger partial charge on any atom is -0.339 e. The number of likely N-dealkylation sites (N-methyl/N-ethyl adjacent to an activating group) is 1. The van der Waals surface area contributed by atoms with Gasteiger partial charge in [-0.3, -0.25) is 9.10 Å². The van der Waals surface area contributed by atoms with Crippen molar-refractivity contribution in [3.63, 3.8) is 0 Å². The second-order valence-electron chi connectivity index (χ2n) is 6.73. The van der Waals surface area contributed by atoms with Crippen LogP contribution in [0.1, 0.15) is 45.6 Å². The molecule has 26 heavy (non-hydrogen) atoms. The van der Waals surface area contributed by atoms with Crippen molar-refractivity contribution in [3.8, 4) is 0 Å². The quantitative estimate of drug-likeness (QED) is 0.650. The van der Waals surface area contributed by atoms with Crippen LogP contribution >= 0.6 is 0 Å². The van der Waals surface area contributed by atoms with Crippen LogP contribution in [0.25, 0.3) is 6.08 Å². The van der Waals surface area contributed by atoms with Crippen molar-refractivity contribution in [2.24, 2.45) is 5.92 Å². The monoisotopic (exact) mass is 378 g/mol. The summed E-state index contributed by atoms with van der Waals surface area (Å²) in [6.45, 7) is 8.34. The lowest BCUT2D eigenvalue weighted by atomic mass is 10.0. The van der Waals surface area contributed by atoms with E-state index in [4.69, 9.17) is 0 Å². The normalized spacial score (nSPS) is 16.5. The summed E-state index contributed by atoms with van der Waals surface area (Å²) < 4.78 is 25.4. The van der Waals surface area contributed by atoms with Gasteiger partial charge in [0.15, 0.2) is 0 Å². The van der Waals surface area contributed by atoms with Gasteiger partial charge in [0.2, 0.25) is 15.9 Å². The molecule has 0 aliphatic carbocycles. The van der Waals surface area contributed by atoms with E-state index in [9.17, 15) is 13.2 Å². The number of hydrogen-bond donors (Lipinski definition) is 0. The molecule has 0 N–H and O–H groups in total. The second kappa shape index (κ2) is 9.21. The molecule has 2 rings (SSSR count). The zero-order valence-corrected chi connectivity index (χ0v) is 16.8. The zero-order valence-electron chi connectivity index (χ0n) is 16.0. The van der Waals surface area contributed by atoms with Gasteiger partial charge in [0, 0.05) is 25.7 Å². The molecule has 0 unspecified atom stereocenters. The number of anilines is 1. The molecule has 1 aromatic carbocycles. The summed E-state index contributed by atoms with van der Waals surface area (Å²) in [5.74, 6) is 0.770. The molecule has 1 aliphatic rings. The molecule has 1 fully saturated rings. The summed E-state index contributed by atoms with van der Waals surface area (Å²) in [4.78, 5) is 14.3. The highest BCUT2D eigenvalue weighted by Crippen LogP contribution is 2.24. The predicted molar refractivity (Wildman–Crippen MR) is 108 cm³/mol. The van der Waals surface area contributed by atoms with E-state index in [0.29, 0.717) is 31.1 Å². The molecule has 1 aromatic rings. The van der Waals surface area contributed by atoms with Gasteiger partial charge in [-0.15, -0.1) is 0 Å². The molecule has 1 saturated heterocycles. The lowest BCUT2D eigenvalue weighted by Gasteiger charge is -2.24. The maximum absolute atomic E-state index is 12.4. The lowest BCUT2D eigenvalue weighted by molar-refractivity contribution is -0.126. The standard InChI is InChI=1S/C20H30N2O3S/c1-4-17(5-2)16-21(6-3)20(23)13-10-18-8-11-19(12-9-18)22-14-7-15-26(22,24)25/h8-13,17H,4-7,14-16H2,1-3H3/b13-10+. The molecule has 1 aliphatic heterocycles. The van der Waals surface area contributed by atoms with Crippen LogP contribution in [0, 0.1) is 5.92 Å². The molecule has 0 saturated carbocycles. The molecule has 0 bridgehead atoms. The molecule has 5 nitrogen and oxygen atoms in total. The van der Waals surface area contributed by atoms with Crippen molar-refractivity contribution < 1.29 is 13.2 Å². The topological polar surface area (TPSA) is 57.7 Å². The number of hydrogen-bond acceptors (Lipinski definition) is 3. The Kier molecular flexibility index (Phi) is 7.26. The van der Waals surface area contributed by atoms with Gasteiger partial charge in [0.05, 0.1) is 11.4 Å². The van der Waals surface area contributed by atoms with Gasteiger partial charge in [-0.05, 0) is 43.0 Å². The van der Waals surface area contributed by atoms with Crippen LogP contribution in [0.2, 0.25) is 0 Å². The average Bonchev–Trinajstić information content (AvgIpc) is 3.00. The number of rotatable bonds is 8. The molecule has 144 valence electrons. The van der Waals surface area contributed by atoms with E-state index >= 15 is 0 Å². The number of nitrogens with zero attached hydrogens (tertiary/aromatic N) is 2. The number of benzene rings is 1. The molecule has 0 radical (unpaired) electrons. The Morgan fingerprint density at radius 3 is 2.35 bits per heavy atom. The first-order valence-corrected chi connectivity index (χ1v) is 11.1. The van der Waals surface area contributed by atoms with Crippen molar-refractivity contribution in [3.05, 3.63) is 35.9 Å². The summed E-state index contributed by atoms with van der Waals surface area (Å²) in [5.41, 5.74) is 1.58. The number of sulfonamides is 1. The zero-order chi connectivity index (χ0) is 19.2. The SMILES string of the molecule is CCC(CC)CN(CC)C(=O)/C=C/c1ccc(N2CCCS2(=O)=O)cc1. The molecular formula is C20H30N2O3S. The highest BCUT2D eigenvalue weighted by atomic mass is 32.2. The number of amides is 1. The van der Waals surface area contributed by atoms with Crippen molar-refractivity contribution in [2.45, 2.75) is 40.0 Å². The van der Waals surface area contributed by atoms with Crippen LogP contribution in [-0.2, 0) is 14.8 Å². The van der Waals surface area contributed by atoms with E-state index in [0.717, 1.165) is 24.9 Å². The minimum absolute atomic E-state index is 0.0191. The Bertz CT molecular complexity index is 722. The van der Waals surface area contributed by atoms with E-state index in [1.807, 2.05) is 24.0 Å². The fraction of sp³-hybridized carbons (Fsp3) is 0.550. The molecule has 6 heteroatoms. The van der Waals surface area contributed by atoms with Crippen LogP contribution in [0.15, 0.2) is 30.3 Å². The summed E-state index contributed by atoms with van der Waals surface area (Å²) in [5, 5.41) is 0. The van der Waals surface area contributed by atoms with E-state index in [1.165, 1.54) is 4.31 Å². The van der Waals surface area contributed by atoms with Crippen molar-refractivity contribution in [2.75, 3.05) is 29.7 Å². The molecule has 0 aromatic heterocycles. The maximum Gasteiger partial charge on any atom is 0.246 e. The van der Waals surface area contributed by atoms with Gasteiger partial charge in [-0.2, -0.15) is 0 Å². The van der Waals surface area contributed by atoms with Gasteiger partial charge in [0.1, 0.15) is 0 Å². The first-order chi connectivity index (χ1) is 12.4. The first kappa shape index (κ1) is 20.5. The highest BCUT2D eigenvalue weighted by Gasteiger charge is 2.28. The Labute approximate surface area is 157 Å². The Hall–Kier alpha value is -1.82. The largest absolute Gasteiger partial charge is 0.339 e. The van der Waals surface area contributed by atoms with Gasteiger partial charge >= 0.3 is 0 Å². The lowest BCUT2D eigenvalue weighted by Crippen LogP contribution is -2.33. The summed E-state index contributed by atoms with van der Waals surface area (Å²) in [6, 6.07) is 7.30. The van der Waals surface area contributed by atoms with Crippen LogP contribution in [-0.4, -0.2) is 44.6 Å². The fourth-order valence-corrected chi connectivity index (χ4v) is 4.75. The first-order valence-electron chi connectivity index (χ1n) is 9.48. The third-order valence-electron chi connectivity index (χ3n) is 5.03. The van der Waals surface area contributed by atoms with E-state index in [2.05, 4.69) is 13.8 Å². The minimum atomic E-state index is -3.16. The Balaban J connectivity index is 2.02. The van der Waals surface area contributed by atoms with Crippen LogP contribution < -0.4 is 4.31 Å². The summed E-state index contributed by atoms with van der Waals surface area (Å²) >= 11 is 0. The smallest absolute Gasteiger partial charge is 0.246 e. The molecule has 0 spiro atoms. The van der Waals surface area contributed by atoms with Crippen LogP contribution in [0.5, 0.6) is 0 Å². The predicted octanol–water partition coefficient (Wildman–Crippen LogP) is 3.52. The Morgan fingerprint density at radius 2 is 1.85 bits per heavy atom. The van der Waals surface area contributed by atoms with Crippen molar-refractivity contribution in [1.82, 2.24) is 4.90 Å². The number of carbonyl (C=O) groups is 1. The van der Waals surface area contributed by atoms with Gasteiger partial charge in [-0.1, -0.05) is 38.8 Å². The average molecular weight is 379 g/mol. The second-order valence-corrected chi connectivity index (χ2v) is 8.74. The third kappa shape index (κ3) is 5.10. The van der Waals surface area contributed by atoms with Crippen molar-refractivity contribution in [1.29, 1.82) is 0 Å². The summed E-state index contributed by atoms with van der Waals surface area (Å²) in [7, 11) is -3.16. The van der Waals surface area contributed by atoms with Gasteiger partial charge < -0.3 is 4.90 Å². The van der Waals surface area contributed by atoms with Crippen molar-refractivity contribution >= 4 is 27.7 Å². The Morgan fingerprint density at radius 1 is 1.19 bits per heavy atom. The van der Waals surface area contributed by atoms with E-state index < -0.39 is 10.0 Å². The summed E-state index contributed by atoms with van der Waals surface area (Å²) in [6.07, 6.45) is 6.21. The molecule has 0 atom stereocenters. The number of carbonyl (C=O) groups excluding carboxylic acids is 1. The molecule has 1 amide bonds. The molecule has 1 heterocycles. The van der Waals surface area contributed by atoms with Gasteiger partial charge in [0.25, 0.3) is 0 Å². The maximum atomic E-state index is 12.4.